The lowest BCUT2D eigenvalue weighted by Gasteiger charge is -2.00. The van der Waals surface area contributed by atoms with Gasteiger partial charge in [0.25, 0.3) is 0 Å². The van der Waals surface area contributed by atoms with Gasteiger partial charge in [-0.15, -0.1) is 0 Å². The monoisotopic (exact) mass is 199 g/mol. The van der Waals surface area contributed by atoms with Crippen molar-refractivity contribution < 1.29 is 4.42 Å². The molecule has 2 aromatic rings. The van der Waals surface area contributed by atoms with Gasteiger partial charge in [-0.1, -0.05) is 17.7 Å². The summed E-state index contributed by atoms with van der Waals surface area (Å²) in [4.78, 5) is 4.37. The highest BCUT2D eigenvalue weighted by molar-refractivity contribution is 5.78. The van der Waals surface area contributed by atoms with Crippen LogP contribution >= 0.6 is 0 Å². The lowest BCUT2D eigenvalue weighted by Crippen LogP contribution is -1.79. The van der Waals surface area contributed by atoms with Gasteiger partial charge in [-0.05, 0) is 37.6 Å². The van der Waals surface area contributed by atoms with Crippen LogP contribution in [0.25, 0.3) is 0 Å². The molecule has 1 aromatic carbocycles. The molecule has 2 heteroatoms. The summed E-state index contributed by atoms with van der Waals surface area (Å²) in [6.45, 7) is 4.13. The topological polar surface area (TPSA) is 25.5 Å². The Hall–Kier alpha value is -1.83. The molecule has 0 radical (unpaired) electrons. The van der Waals surface area contributed by atoms with Gasteiger partial charge in [0.1, 0.15) is 5.76 Å². The maximum Gasteiger partial charge on any atom is 0.144 e. The van der Waals surface area contributed by atoms with Crippen molar-refractivity contribution in [3.63, 3.8) is 0 Å². The molecule has 2 rings (SSSR count). The zero-order chi connectivity index (χ0) is 10.7. The van der Waals surface area contributed by atoms with Gasteiger partial charge in [0.05, 0.1) is 18.2 Å². The predicted molar refractivity (Wildman–Crippen MR) is 61.9 cm³/mol. The number of aliphatic imine (C=N–C) groups is 1. The fourth-order valence-electron chi connectivity index (χ4n) is 1.45. The van der Waals surface area contributed by atoms with Gasteiger partial charge >= 0.3 is 0 Å². The molecule has 2 nitrogen and oxygen atoms in total. The zero-order valence-electron chi connectivity index (χ0n) is 8.90. The van der Waals surface area contributed by atoms with Crippen LogP contribution in [0.4, 0.5) is 5.69 Å². The first-order valence-corrected chi connectivity index (χ1v) is 4.90. The molecule has 0 saturated heterocycles. The van der Waals surface area contributed by atoms with Crippen LogP contribution in [0.5, 0.6) is 0 Å². The van der Waals surface area contributed by atoms with E-state index in [0.717, 1.165) is 11.4 Å². The van der Waals surface area contributed by atoms with Gasteiger partial charge < -0.3 is 4.42 Å². The van der Waals surface area contributed by atoms with Gasteiger partial charge in [-0.25, -0.2) is 0 Å². The molecular formula is C13H13NO. The Morgan fingerprint density at radius 2 is 2.07 bits per heavy atom. The molecule has 0 N–H and O–H groups in total. The maximum absolute atomic E-state index is 5.17. The number of nitrogens with zero attached hydrogens (tertiary/aromatic N) is 1. The fraction of sp³-hybridized carbons (Fsp3) is 0.154. The molecule has 1 heterocycles. The van der Waals surface area contributed by atoms with Crippen LogP contribution in [-0.2, 0) is 0 Å². The summed E-state index contributed by atoms with van der Waals surface area (Å²) in [5.41, 5.74) is 3.42. The zero-order valence-corrected chi connectivity index (χ0v) is 8.90. The molecule has 76 valence electrons. The third-order valence-electron chi connectivity index (χ3n) is 2.23. The first-order valence-electron chi connectivity index (χ1n) is 4.90. The third-order valence-corrected chi connectivity index (χ3v) is 2.23. The van der Waals surface area contributed by atoms with Crippen molar-refractivity contribution in [2.24, 2.45) is 4.99 Å². The summed E-state index contributed by atoms with van der Waals surface area (Å²) in [5.74, 6) is 0.773. The van der Waals surface area contributed by atoms with E-state index in [1.165, 1.54) is 11.1 Å². The van der Waals surface area contributed by atoms with Crippen LogP contribution in [0.2, 0.25) is 0 Å². The number of rotatable bonds is 2. The normalized spacial score (nSPS) is 11.1. The second-order valence-electron chi connectivity index (χ2n) is 3.56. The first kappa shape index (κ1) is 9.71. The summed E-state index contributed by atoms with van der Waals surface area (Å²) in [5, 5.41) is 0. The lowest BCUT2D eigenvalue weighted by molar-refractivity contribution is 0.560. The Morgan fingerprint density at radius 1 is 1.20 bits per heavy atom. The van der Waals surface area contributed by atoms with Gasteiger partial charge in [-0.3, -0.25) is 4.99 Å². The van der Waals surface area contributed by atoms with Crippen molar-refractivity contribution in [1.82, 2.24) is 0 Å². The highest BCUT2D eigenvalue weighted by atomic mass is 16.3. The molecule has 0 bridgehead atoms. The molecule has 0 saturated carbocycles. The largest absolute Gasteiger partial charge is 0.463 e. The Morgan fingerprint density at radius 3 is 2.73 bits per heavy atom. The highest BCUT2D eigenvalue weighted by Gasteiger charge is 1.95. The minimum atomic E-state index is 0.773. The average molecular weight is 199 g/mol. The summed E-state index contributed by atoms with van der Waals surface area (Å²) >= 11 is 0. The van der Waals surface area contributed by atoms with E-state index < -0.39 is 0 Å². The fourth-order valence-corrected chi connectivity index (χ4v) is 1.45. The summed E-state index contributed by atoms with van der Waals surface area (Å²) in [7, 11) is 0. The van der Waals surface area contributed by atoms with E-state index in [9.17, 15) is 0 Å². The molecule has 0 atom stereocenters. The second kappa shape index (κ2) is 4.13. The van der Waals surface area contributed by atoms with Crippen LogP contribution in [0.15, 0.2) is 46.0 Å². The van der Waals surface area contributed by atoms with Crippen molar-refractivity contribution in [1.29, 1.82) is 0 Å². The lowest BCUT2D eigenvalue weighted by atomic mass is 10.1. The van der Waals surface area contributed by atoms with E-state index in [0.29, 0.717) is 0 Å². The molecule has 0 spiro atoms. The van der Waals surface area contributed by atoms with Crippen LogP contribution in [0.3, 0.4) is 0 Å². The smallest absolute Gasteiger partial charge is 0.144 e. The van der Waals surface area contributed by atoms with Crippen molar-refractivity contribution in [2.45, 2.75) is 13.8 Å². The predicted octanol–water partition coefficient (Wildman–Crippen LogP) is 3.65. The summed E-state index contributed by atoms with van der Waals surface area (Å²) in [6, 6.07) is 9.93. The molecular weight excluding hydrogens is 186 g/mol. The minimum absolute atomic E-state index is 0.773. The quantitative estimate of drug-likeness (QED) is 0.678. The molecule has 1 aromatic heterocycles. The molecule has 0 amide bonds. The molecule has 0 unspecified atom stereocenters. The molecule has 0 fully saturated rings. The van der Waals surface area contributed by atoms with E-state index >= 15 is 0 Å². The highest BCUT2D eigenvalue weighted by Crippen LogP contribution is 2.19. The van der Waals surface area contributed by atoms with Gasteiger partial charge in [0, 0.05) is 0 Å². The number of benzene rings is 1. The van der Waals surface area contributed by atoms with Crippen LogP contribution in [0.1, 0.15) is 16.9 Å². The van der Waals surface area contributed by atoms with Crippen LogP contribution in [-0.4, -0.2) is 6.21 Å². The minimum Gasteiger partial charge on any atom is -0.463 e. The molecule has 0 aliphatic carbocycles. The van der Waals surface area contributed by atoms with E-state index in [-0.39, 0.29) is 0 Å². The summed E-state index contributed by atoms with van der Waals surface area (Å²) in [6.07, 6.45) is 3.38. The molecule has 0 aliphatic heterocycles. The van der Waals surface area contributed by atoms with E-state index in [1.807, 2.05) is 18.2 Å². The third kappa shape index (κ3) is 2.34. The van der Waals surface area contributed by atoms with Gasteiger partial charge in [-0.2, -0.15) is 0 Å². The van der Waals surface area contributed by atoms with Crippen molar-refractivity contribution in [3.8, 4) is 0 Å². The second-order valence-corrected chi connectivity index (χ2v) is 3.56. The Bertz CT molecular complexity index is 469. The standard InChI is InChI=1S/C13H13NO/c1-10-5-6-13(11(2)8-10)14-9-12-4-3-7-15-12/h3-9H,1-2H3/b14-9+. The van der Waals surface area contributed by atoms with Crippen molar-refractivity contribution in [2.75, 3.05) is 0 Å². The van der Waals surface area contributed by atoms with Gasteiger partial charge in [0.15, 0.2) is 0 Å². The Balaban J connectivity index is 2.24. The number of hydrogen-bond donors (Lipinski definition) is 0. The summed E-state index contributed by atoms with van der Waals surface area (Å²) < 4.78 is 5.17. The number of furan rings is 1. The van der Waals surface area contributed by atoms with Crippen LogP contribution in [0, 0.1) is 13.8 Å². The van der Waals surface area contributed by atoms with E-state index in [2.05, 4.69) is 31.0 Å². The average Bonchev–Trinajstić information content (AvgIpc) is 2.69. The van der Waals surface area contributed by atoms with Crippen molar-refractivity contribution >= 4 is 11.9 Å². The number of hydrogen-bond acceptors (Lipinski definition) is 2. The van der Waals surface area contributed by atoms with E-state index in [1.54, 1.807) is 12.5 Å². The Labute approximate surface area is 89.3 Å². The van der Waals surface area contributed by atoms with Crippen molar-refractivity contribution in [3.05, 3.63) is 53.5 Å². The van der Waals surface area contributed by atoms with Crippen LogP contribution < -0.4 is 0 Å². The number of aryl methyl sites for hydroxylation is 2. The first-order chi connectivity index (χ1) is 7.25. The maximum atomic E-state index is 5.17. The molecule has 15 heavy (non-hydrogen) atoms. The SMILES string of the molecule is Cc1ccc(/N=C/c2ccco2)c(C)c1. The molecule has 0 aliphatic rings. The Kier molecular flexibility index (Phi) is 2.68. The van der Waals surface area contributed by atoms with E-state index in [4.69, 9.17) is 4.42 Å². The van der Waals surface area contributed by atoms with Gasteiger partial charge in [0.2, 0.25) is 0 Å².